The molecule has 3 nitrogen and oxygen atoms in total. The van der Waals surface area contributed by atoms with Gasteiger partial charge in [0.2, 0.25) is 0 Å². The van der Waals surface area contributed by atoms with E-state index in [1.807, 2.05) is 6.07 Å². The van der Waals surface area contributed by atoms with Crippen molar-refractivity contribution in [1.29, 1.82) is 0 Å². The first-order valence-electron chi connectivity index (χ1n) is 9.59. The third-order valence-corrected chi connectivity index (χ3v) is 5.14. The van der Waals surface area contributed by atoms with Crippen LogP contribution in [0.5, 0.6) is 0 Å². The van der Waals surface area contributed by atoms with E-state index in [0.717, 1.165) is 29.1 Å². The van der Waals surface area contributed by atoms with Gasteiger partial charge >= 0.3 is 0 Å². The normalized spacial score (nSPS) is 12.3. The van der Waals surface area contributed by atoms with Crippen LogP contribution in [-0.4, -0.2) is 10.9 Å². The highest BCUT2D eigenvalue weighted by molar-refractivity contribution is 5.94. The van der Waals surface area contributed by atoms with E-state index in [1.54, 1.807) is 25.1 Å². The summed E-state index contributed by atoms with van der Waals surface area (Å²) >= 11 is 0. The molecule has 0 fully saturated rings. The van der Waals surface area contributed by atoms with E-state index in [1.165, 1.54) is 24.3 Å². The molecule has 1 aromatic heterocycles. The Hall–Kier alpha value is -3.61. The molecular weight excluding hydrogens is 408 g/mol. The van der Waals surface area contributed by atoms with Crippen molar-refractivity contribution < 1.29 is 22.4 Å². The summed E-state index contributed by atoms with van der Waals surface area (Å²) in [7, 11) is 0. The van der Waals surface area contributed by atoms with Crippen LogP contribution in [0.1, 0.15) is 40.9 Å². The highest BCUT2D eigenvalue weighted by Gasteiger charge is 2.17. The second-order valence-electron chi connectivity index (χ2n) is 7.26. The lowest BCUT2D eigenvalue weighted by molar-refractivity contribution is 0.0940. The number of hydrogen-bond acceptors (Lipinski definition) is 1. The molecule has 0 saturated carbocycles. The van der Waals surface area contributed by atoms with E-state index in [0.29, 0.717) is 16.8 Å². The number of H-pyrrole nitrogens is 1. The number of aromatic nitrogens is 1. The molecule has 2 N–H and O–H groups in total. The first kappa shape index (κ1) is 20.7. The average molecular weight is 426 g/mol. The molecule has 1 atom stereocenters. The Kier molecular flexibility index (Phi) is 5.50. The van der Waals surface area contributed by atoms with E-state index in [2.05, 4.69) is 10.3 Å². The average Bonchev–Trinajstić information content (AvgIpc) is 3.17. The van der Waals surface area contributed by atoms with Crippen molar-refractivity contribution in [3.8, 4) is 11.3 Å². The van der Waals surface area contributed by atoms with Crippen LogP contribution in [0, 0.1) is 11.6 Å². The smallest absolute Gasteiger partial charge is 0.264 e. The fraction of sp³-hybridized carbons (Fsp3) is 0.125. The van der Waals surface area contributed by atoms with Crippen molar-refractivity contribution in [3.63, 3.8) is 0 Å². The summed E-state index contributed by atoms with van der Waals surface area (Å²) in [6.07, 6.45) is -2.74. The number of halogens is 4. The largest absolute Gasteiger partial charge is 0.355 e. The van der Waals surface area contributed by atoms with Crippen molar-refractivity contribution in [1.82, 2.24) is 10.3 Å². The maximum absolute atomic E-state index is 13.7. The van der Waals surface area contributed by atoms with Gasteiger partial charge in [-0.2, -0.15) is 0 Å². The van der Waals surface area contributed by atoms with Gasteiger partial charge in [0.05, 0.1) is 6.04 Å². The third-order valence-electron chi connectivity index (χ3n) is 5.14. The zero-order valence-electron chi connectivity index (χ0n) is 16.4. The minimum atomic E-state index is -2.74. The van der Waals surface area contributed by atoms with Crippen LogP contribution in [0.25, 0.3) is 22.2 Å². The van der Waals surface area contributed by atoms with Gasteiger partial charge in [0.25, 0.3) is 12.3 Å². The maximum Gasteiger partial charge on any atom is 0.264 e. The summed E-state index contributed by atoms with van der Waals surface area (Å²) in [4.78, 5) is 15.4. The molecule has 0 aliphatic carbocycles. The number of aromatic amines is 1. The molecule has 7 heteroatoms. The highest BCUT2D eigenvalue weighted by Crippen LogP contribution is 2.33. The molecular formula is C24H18F4N2O. The van der Waals surface area contributed by atoms with Crippen molar-refractivity contribution in [2.75, 3.05) is 0 Å². The molecule has 31 heavy (non-hydrogen) atoms. The summed E-state index contributed by atoms with van der Waals surface area (Å²) in [5, 5.41) is 3.58. The molecule has 4 aromatic rings. The van der Waals surface area contributed by atoms with Gasteiger partial charge in [-0.15, -0.1) is 0 Å². The number of carbonyl (C=O) groups is 1. The maximum atomic E-state index is 13.7. The number of amides is 1. The van der Waals surface area contributed by atoms with Crippen molar-refractivity contribution in [2.45, 2.75) is 19.4 Å². The van der Waals surface area contributed by atoms with E-state index < -0.39 is 18.1 Å². The lowest BCUT2D eigenvalue weighted by atomic mass is 10.0. The van der Waals surface area contributed by atoms with Crippen LogP contribution in [0.4, 0.5) is 17.6 Å². The number of rotatable bonds is 5. The molecule has 1 heterocycles. The van der Waals surface area contributed by atoms with Crippen LogP contribution >= 0.6 is 0 Å². The number of nitrogens with one attached hydrogen (secondary N) is 2. The van der Waals surface area contributed by atoms with Crippen molar-refractivity contribution in [2.24, 2.45) is 0 Å². The Morgan fingerprint density at radius 1 is 0.903 bits per heavy atom. The predicted molar refractivity (Wildman–Crippen MR) is 111 cm³/mol. The predicted octanol–water partition coefficient (Wildman–Crippen LogP) is 6.54. The van der Waals surface area contributed by atoms with Crippen molar-refractivity contribution >= 4 is 16.8 Å². The van der Waals surface area contributed by atoms with Gasteiger partial charge in [-0.3, -0.25) is 4.79 Å². The molecule has 3 aromatic carbocycles. The van der Waals surface area contributed by atoms with Crippen LogP contribution in [0.2, 0.25) is 0 Å². The van der Waals surface area contributed by atoms with E-state index >= 15 is 0 Å². The quantitative estimate of drug-likeness (QED) is 0.350. The zero-order valence-corrected chi connectivity index (χ0v) is 16.4. The standard InChI is InChI=1S/C24H18F4N2O/c1-13(29-24(31)14-2-5-17(25)6-3-14)15-4-9-21-16(10-15)11-22(30-21)20-12-18(26)7-8-19(20)23(27)28/h2-13,23,30H,1H3,(H,29,31). The Labute approximate surface area is 175 Å². The van der Waals surface area contributed by atoms with E-state index in [-0.39, 0.29) is 23.1 Å². The van der Waals surface area contributed by atoms with Crippen LogP contribution in [0.15, 0.2) is 66.7 Å². The van der Waals surface area contributed by atoms with Gasteiger partial charge < -0.3 is 10.3 Å². The highest BCUT2D eigenvalue weighted by atomic mass is 19.3. The molecule has 158 valence electrons. The van der Waals surface area contributed by atoms with Gasteiger partial charge in [-0.1, -0.05) is 6.07 Å². The molecule has 1 amide bonds. The summed E-state index contributed by atoms with van der Waals surface area (Å²) in [6.45, 7) is 1.80. The van der Waals surface area contributed by atoms with Gasteiger partial charge in [0, 0.05) is 33.3 Å². The van der Waals surface area contributed by atoms with Crippen LogP contribution < -0.4 is 5.32 Å². The number of benzene rings is 3. The van der Waals surface area contributed by atoms with Gasteiger partial charge in [0.1, 0.15) is 11.6 Å². The molecule has 1 unspecified atom stereocenters. The lowest BCUT2D eigenvalue weighted by Gasteiger charge is -2.14. The summed E-state index contributed by atoms with van der Waals surface area (Å²) in [6, 6.07) is 15.1. The first-order chi connectivity index (χ1) is 14.8. The third kappa shape index (κ3) is 4.30. The molecule has 0 bridgehead atoms. The van der Waals surface area contributed by atoms with Crippen molar-refractivity contribution in [3.05, 3.63) is 95.1 Å². The topological polar surface area (TPSA) is 44.9 Å². The second kappa shape index (κ2) is 8.26. The second-order valence-corrected chi connectivity index (χ2v) is 7.26. The lowest BCUT2D eigenvalue weighted by Crippen LogP contribution is -2.26. The molecule has 4 rings (SSSR count). The van der Waals surface area contributed by atoms with Crippen LogP contribution in [0.3, 0.4) is 0 Å². The molecule has 0 spiro atoms. The van der Waals surface area contributed by atoms with E-state index in [9.17, 15) is 22.4 Å². The molecule has 0 radical (unpaired) electrons. The summed E-state index contributed by atoms with van der Waals surface area (Å²) in [5.74, 6) is -1.37. The Morgan fingerprint density at radius 3 is 2.32 bits per heavy atom. The fourth-order valence-corrected chi connectivity index (χ4v) is 3.48. The molecule has 0 aliphatic rings. The van der Waals surface area contributed by atoms with Gasteiger partial charge in [-0.25, -0.2) is 17.6 Å². The fourth-order valence-electron chi connectivity index (χ4n) is 3.48. The number of alkyl halides is 2. The Morgan fingerprint density at radius 2 is 1.61 bits per heavy atom. The minimum absolute atomic E-state index is 0.102. The Bertz CT molecular complexity index is 1250. The van der Waals surface area contributed by atoms with Crippen LogP contribution in [-0.2, 0) is 0 Å². The zero-order chi connectivity index (χ0) is 22.1. The van der Waals surface area contributed by atoms with Gasteiger partial charge in [0.15, 0.2) is 0 Å². The number of carbonyl (C=O) groups excluding carboxylic acids is 1. The summed E-state index contributed by atoms with van der Waals surface area (Å²) in [5.41, 5.74) is 2.05. The number of fused-ring (bicyclic) bond motifs is 1. The molecule has 0 saturated heterocycles. The summed E-state index contributed by atoms with van der Waals surface area (Å²) < 4.78 is 53.4. The van der Waals surface area contributed by atoms with Gasteiger partial charge in [-0.05, 0) is 73.2 Å². The van der Waals surface area contributed by atoms with E-state index in [4.69, 9.17) is 0 Å². The monoisotopic (exact) mass is 426 g/mol. The Balaban J connectivity index is 1.61. The SMILES string of the molecule is CC(NC(=O)c1ccc(F)cc1)c1ccc2[nH]c(-c3cc(F)ccc3C(F)F)cc2c1. The number of hydrogen-bond donors (Lipinski definition) is 2. The minimum Gasteiger partial charge on any atom is -0.355 e. The molecule has 0 aliphatic heterocycles. The first-order valence-corrected chi connectivity index (χ1v) is 9.59.